The minimum absolute atomic E-state index is 0.00439. The van der Waals surface area contributed by atoms with Crippen molar-refractivity contribution in [2.24, 2.45) is 0 Å². The Balaban J connectivity index is 2.19. The van der Waals surface area contributed by atoms with Crippen LogP contribution in [-0.4, -0.2) is 40.1 Å². The number of aliphatic hydroxyl groups excluding tert-OH is 1. The summed E-state index contributed by atoms with van der Waals surface area (Å²) in [6, 6.07) is 0.257. The fourth-order valence-corrected chi connectivity index (χ4v) is 3.31. The van der Waals surface area contributed by atoms with Gasteiger partial charge in [0.2, 0.25) is 0 Å². The van der Waals surface area contributed by atoms with Gasteiger partial charge in [-0.2, -0.15) is 0 Å². The van der Waals surface area contributed by atoms with Crippen molar-refractivity contribution < 1.29 is 9.90 Å². The molecule has 18 heavy (non-hydrogen) atoms. The molecule has 0 spiro atoms. The predicted molar refractivity (Wildman–Crippen MR) is 71.6 cm³/mol. The average molecular weight is 269 g/mol. The lowest BCUT2D eigenvalue weighted by molar-refractivity contribution is 0.0642. The second kappa shape index (κ2) is 5.67. The van der Waals surface area contributed by atoms with Crippen LogP contribution < -0.4 is 5.73 Å². The largest absolute Gasteiger partial charge is 0.395 e. The predicted octanol–water partition coefficient (Wildman–Crippen LogP) is 1.41. The van der Waals surface area contributed by atoms with Crippen molar-refractivity contribution in [3.8, 4) is 0 Å². The number of aryl methyl sites for hydroxylation is 1. The van der Waals surface area contributed by atoms with Gasteiger partial charge < -0.3 is 15.7 Å². The van der Waals surface area contributed by atoms with E-state index in [0.717, 1.165) is 25.7 Å². The minimum Gasteiger partial charge on any atom is -0.395 e. The molecule has 1 saturated carbocycles. The van der Waals surface area contributed by atoms with Crippen LogP contribution in [-0.2, 0) is 0 Å². The molecule has 1 aromatic rings. The lowest BCUT2D eigenvalue weighted by Gasteiger charge is -2.28. The molecular formula is C12H19N3O2S. The van der Waals surface area contributed by atoms with E-state index in [4.69, 9.17) is 10.8 Å². The Kier molecular flexibility index (Phi) is 4.19. The first-order chi connectivity index (χ1) is 8.63. The van der Waals surface area contributed by atoms with E-state index < -0.39 is 0 Å². The molecule has 0 unspecified atom stereocenters. The van der Waals surface area contributed by atoms with Gasteiger partial charge in [0.25, 0.3) is 5.91 Å². The van der Waals surface area contributed by atoms with E-state index in [0.29, 0.717) is 22.2 Å². The zero-order chi connectivity index (χ0) is 13.1. The summed E-state index contributed by atoms with van der Waals surface area (Å²) < 4.78 is 0. The highest BCUT2D eigenvalue weighted by Gasteiger charge is 2.29. The van der Waals surface area contributed by atoms with Crippen LogP contribution in [0.5, 0.6) is 0 Å². The minimum atomic E-state index is -0.0392. The van der Waals surface area contributed by atoms with Crippen LogP contribution in [0, 0.1) is 6.92 Å². The molecule has 1 aliphatic carbocycles. The van der Waals surface area contributed by atoms with Gasteiger partial charge in [-0.05, 0) is 19.8 Å². The number of nitrogen functional groups attached to an aromatic ring is 1. The summed E-state index contributed by atoms with van der Waals surface area (Å²) >= 11 is 1.23. The lowest BCUT2D eigenvalue weighted by Crippen LogP contribution is -2.40. The molecule has 0 aliphatic heterocycles. The maximum atomic E-state index is 12.5. The van der Waals surface area contributed by atoms with Gasteiger partial charge in [-0.15, -0.1) is 0 Å². The molecule has 0 atom stereocenters. The van der Waals surface area contributed by atoms with Crippen molar-refractivity contribution in [2.45, 2.75) is 38.6 Å². The van der Waals surface area contributed by atoms with E-state index in [1.54, 1.807) is 11.8 Å². The van der Waals surface area contributed by atoms with E-state index in [-0.39, 0.29) is 18.6 Å². The van der Waals surface area contributed by atoms with E-state index in [1.807, 2.05) is 0 Å². The summed E-state index contributed by atoms with van der Waals surface area (Å²) in [7, 11) is 0. The van der Waals surface area contributed by atoms with Crippen LogP contribution in [0.4, 0.5) is 5.13 Å². The standard InChI is InChI=1S/C12H19N3O2S/c1-8-10(18-12(13)14-8)11(17)15(6-7-16)9-4-2-3-5-9/h9,16H,2-7H2,1H3,(H2,13,14). The monoisotopic (exact) mass is 269 g/mol. The summed E-state index contributed by atoms with van der Waals surface area (Å²) in [6.07, 6.45) is 4.37. The number of anilines is 1. The maximum Gasteiger partial charge on any atom is 0.266 e. The Morgan fingerprint density at radius 2 is 2.22 bits per heavy atom. The van der Waals surface area contributed by atoms with Gasteiger partial charge in [0, 0.05) is 12.6 Å². The fourth-order valence-electron chi connectivity index (χ4n) is 2.52. The van der Waals surface area contributed by atoms with E-state index in [2.05, 4.69) is 4.98 Å². The van der Waals surface area contributed by atoms with Gasteiger partial charge in [-0.25, -0.2) is 4.98 Å². The highest BCUT2D eigenvalue weighted by molar-refractivity contribution is 7.17. The van der Waals surface area contributed by atoms with Crippen LogP contribution in [0.1, 0.15) is 41.0 Å². The van der Waals surface area contributed by atoms with Crippen molar-refractivity contribution in [3.63, 3.8) is 0 Å². The third-order valence-corrected chi connectivity index (χ3v) is 4.35. The van der Waals surface area contributed by atoms with E-state index in [9.17, 15) is 4.79 Å². The van der Waals surface area contributed by atoms with Crippen LogP contribution in [0.15, 0.2) is 0 Å². The maximum absolute atomic E-state index is 12.5. The van der Waals surface area contributed by atoms with Gasteiger partial charge in [-0.3, -0.25) is 4.79 Å². The molecule has 3 N–H and O–H groups in total. The van der Waals surface area contributed by atoms with Crippen molar-refractivity contribution >= 4 is 22.4 Å². The van der Waals surface area contributed by atoms with Gasteiger partial charge in [0.1, 0.15) is 4.88 Å². The van der Waals surface area contributed by atoms with Gasteiger partial charge >= 0.3 is 0 Å². The van der Waals surface area contributed by atoms with Crippen molar-refractivity contribution in [3.05, 3.63) is 10.6 Å². The van der Waals surface area contributed by atoms with Crippen LogP contribution in [0.3, 0.4) is 0 Å². The molecule has 5 nitrogen and oxygen atoms in total. The van der Waals surface area contributed by atoms with Crippen molar-refractivity contribution in [1.29, 1.82) is 0 Å². The Morgan fingerprint density at radius 3 is 2.72 bits per heavy atom. The number of nitrogens with zero attached hydrogens (tertiary/aromatic N) is 2. The molecule has 0 saturated heterocycles. The number of aromatic nitrogens is 1. The van der Waals surface area contributed by atoms with Crippen molar-refractivity contribution in [2.75, 3.05) is 18.9 Å². The highest BCUT2D eigenvalue weighted by Crippen LogP contribution is 2.27. The number of amides is 1. The SMILES string of the molecule is Cc1nc(N)sc1C(=O)N(CCO)C1CCCC1. The number of hydrogen-bond acceptors (Lipinski definition) is 5. The molecule has 100 valence electrons. The highest BCUT2D eigenvalue weighted by atomic mass is 32.1. The summed E-state index contributed by atoms with van der Waals surface area (Å²) in [4.78, 5) is 19.0. The Labute approximate surface area is 111 Å². The van der Waals surface area contributed by atoms with Gasteiger partial charge in [0.05, 0.1) is 12.3 Å². The molecule has 1 aliphatic rings. The lowest BCUT2D eigenvalue weighted by atomic mass is 10.2. The van der Waals surface area contributed by atoms with Crippen LogP contribution >= 0.6 is 11.3 Å². The van der Waals surface area contributed by atoms with Gasteiger partial charge in [-0.1, -0.05) is 24.2 Å². The molecule has 1 aromatic heterocycles. The first kappa shape index (κ1) is 13.3. The van der Waals surface area contributed by atoms with Crippen molar-refractivity contribution in [1.82, 2.24) is 9.88 Å². The summed E-state index contributed by atoms with van der Waals surface area (Å²) in [5.74, 6) is -0.0392. The van der Waals surface area contributed by atoms with Crippen LogP contribution in [0.25, 0.3) is 0 Å². The third kappa shape index (κ3) is 2.64. The second-order valence-electron chi connectivity index (χ2n) is 4.63. The average Bonchev–Trinajstić information content (AvgIpc) is 2.95. The number of aliphatic hydroxyl groups is 1. The second-order valence-corrected chi connectivity index (χ2v) is 5.66. The fraction of sp³-hybridized carbons (Fsp3) is 0.667. The van der Waals surface area contributed by atoms with Gasteiger partial charge in [0.15, 0.2) is 5.13 Å². The first-order valence-corrected chi connectivity index (χ1v) is 7.10. The van der Waals surface area contributed by atoms with Crippen LogP contribution in [0.2, 0.25) is 0 Å². The quantitative estimate of drug-likeness (QED) is 0.866. The number of carbonyl (C=O) groups excluding carboxylic acids is 1. The number of rotatable bonds is 4. The molecular weight excluding hydrogens is 250 g/mol. The molecule has 1 fully saturated rings. The summed E-state index contributed by atoms with van der Waals surface area (Å²) in [6.45, 7) is 2.18. The third-order valence-electron chi connectivity index (χ3n) is 3.37. The molecule has 1 amide bonds. The number of thiazole rings is 1. The molecule has 6 heteroatoms. The van der Waals surface area contributed by atoms with E-state index in [1.165, 1.54) is 11.3 Å². The zero-order valence-corrected chi connectivity index (χ0v) is 11.4. The van der Waals surface area contributed by atoms with E-state index >= 15 is 0 Å². The molecule has 0 aromatic carbocycles. The Bertz CT molecular complexity index is 427. The Hall–Kier alpha value is -1.14. The smallest absolute Gasteiger partial charge is 0.266 e. The summed E-state index contributed by atoms with van der Waals surface area (Å²) in [5, 5.41) is 9.56. The number of carbonyl (C=O) groups is 1. The number of nitrogens with two attached hydrogens (primary N) is 1. The molecule has 2 rings (SSSR count). The number of hydrogen-bond donors (Lipinski definition) is 2. The Morgan fingerprint density at radius 1 is 1.56 bits per heavy atom. The molecule has 1 heterocycles. The molecule has 0 radical (unpaired) electrons. The molecule has 0 bridgehead atoms. The topological polar surface area (TPSA) is 79.5 Å². The normalized spacial score (nSPS) is 16.1. The first-order valence-electron chi connectivity index (χ1n) is 6.28. The summed E-state index contributed by atoms with van der Waals surface area (Å²) in [5.41, 5.74) is 6.32. The zero-order valence-electron chi connectivity index (χ0n) is 10.6.